The highest BCUT2D eigenvalue weighted by atomic mass is 16.2. The minimum Gasteiger partial charge on any atom is -0.308 e. The van der Waals surface area contributed by atoms with Crippen molar-refractivity contribution < 1.29 is 9.59 Å². The third kappa shape index (κ3) is 4.61. The van der Waals surface area contributed by atoms with Gasteiger partial charge in [0.05, 0.1) is 39.1 Å². The summed E-state index contributed by atoms with van der Waals surface area (Å²) in [5.74, 6) is -0.726. The highest BCUT2D eigenvalue weighted by Gasteiger charge is 2.39. The van der Waals surface area contributed by atoms with Gasteiger partial charge in [-0.15, -0.1) is 0 Å². The number of rotatable bonds is 5. The number of hydrogen-bond donors (Lipinski definition) is 0. The molecule has 9 rings (SSSR count). The van der Waals surface area contributed by atoms with Gasteiger partial charge in [0.15, 0.2) is 0 Å². The number of nitrogens with zero attached hydrogens (tertiary/aromatic N) is 4. The van der Waals surface area contributed by atoms with Gasteiger partial charge in [0.25, 0.3) is 11.8 Å². The Hall–Kier alpha value is -7.10. The van der Waals surface area contributed by atoms with Gasteiger partial charge in [-0.25, -0.2) is 4.90 Å². The second kappa shape index (κ2) is 11.6. The fourth-order valence-electron chi connectivity index (χ4n) is 7.09. The van der Waals surface area contributed by atoms with Gasteiger partial charge >= 0.3 is 0 Å². The molecule has 2 amide bonds. The van der Waals surface area contributed by atoms with Gasteiger partial charge in [0, 0.05) is 28.7 Å². The number of carbonyl (C=O) groups is 2. The lowest BCUT2D eigenvalue weighted by Crippen LogP contribution is -2.29. The smallest absolute Gasteiger partial charge is 0.268 e. The Balaban J connectivity index is 1.21. The molecule has 50 heavy (non-hydrogen) atoms. The van der Waals surface area contributed by atoms with Crippen LogP contribution in [0.3, 0.4) is 0 Å². The van der Waals surface area contributed by atoms with E-state index in [-0.39, 0.29) is 11.8 Å². The molecule has 0 N–H and O–H groups in total. The van der Waals surface area contributed by atoms with Crippen molar-refractivity contribution >= 4 is 39.3 Å². The van der Waals surface area contributed by atoms with Gasteiger partial charge in [0.1, 0.15) is 6.07 Å². The van der Waals surface area contributed by atoms with Gasteiger partial charge < -0.3 is 4.57 Å². The van der Waals surface area contributed by atoms with Crippen molar-refractivity contribution in [3.63, 3.8) is 0 Å². The van der Waals surface area contributed by atoms with Crippen LogP contribution in [0.1, 0.15) is 26.3 Å². The molecule has 0 aliphatic carbocycles. The highest BCUT2D eigenvalue weighted by molar-refractivity contribution is 6.36. The maximum Gasteiger partial charge on any atom is 0.268 e. The Morgan fingerprint density at radius 3 is 1.92 bits per heavy atom. The van der Waals surface area contributed by atoms with Crippen molar-refractivity contribution in [2.75, 3.05) is 4.90 Å². The van der Waals surface area contributed by atoms with Gasteiger partial charge in [-0.3, -0.25) is 14.6 Å². The van der Waals surface area contributed by atoms with Crippen molar-refractivity contribution in [3.05, 3.63) is 175 Å². The largest absolute Gasteiger partial charge is 0.308 e. The predicted molar refractivity (Wildman–Crippen MR) is 197 cm³/mol. The quantitative estimate of drug-likeness (QED) is 0.175. The van der Waals surface area contributed by atoms with Crippen molar-refractivity contribution in [1.82, 2.24) is 9.55 Å². The van der Waals surface area contributed by atoms with E-state index in [4.69, 9.17) is 0 Å². The van der Waals surface area contributed by atoms with E-state index >= 15 is 0 Å². The minimum atomic E-state index is -0.369. The van der Waals surface area contributed by atoms with Crippen LogP contribution in [0.15, 0.2) is 158 Å². The summed E-state index contributed by atoms with van der Waals surface area (Å²) >= 11 is 0. The molecular formula is C44H26N4O2. The van der Waals surface area contributed by atoms with Gasteiger partial charge in [0.2, 0.25) is 0 Å². The second-order valence-electron chi connectivity index (χ2n) is 12.3. The van der Waals surface area contributed by atoms with Crippen molar-refractivity contribution in [1.29, 1.82) is 5.26 Å². The van der Waals surface area contributed by atoms with Crippen molar-refractivity contribution in [2.45, 2.75) is 0 Å². The average molecular weight is 643 g/mol. The molecule has 1 aliphatic rings. The third-order valence-electron chi connectivity index (χ3n) is 9.40. The van der Waals surface area contributed by atoms with Crippen LogP contribution in [0, 0.1) is 11.3 Å². The number of nitriles is 1. The lowest BCUT2D eigenvalue weighted by atomic mass is 9.97. The highest BCUT2D eigenvalue weighted by Crippen LogP contribution is 2.40. The van der Waals surface area contributed by atoms with E-state index in [1.54, 1.807) is 18.5 Å². The summed E-state index contributed by atoms with van der Waals surface area (Å²) in [6.07, 6.45) is 3.30. The van der Waals surface area contributed by atoms with Gasteiger partial charge in [-0.2, -0.15) is 5.26 Å². The lowest BCUT2D eigenvalue weighted by Gasteiger charge is -2.18. The molecule has 6 nitrogen and oxygen atoms in total. The maximum absolute atomic E-state index is 14.6. The summed E-state index contributed by atoms with van der Waals surface area (Å²) in [6.45, 7) is 0. The summed E-state index contributed by atoms with van der Waals surface area (Å²) < 4.78 is 2.07. The first-order valence-corrected chi connectivity index (χ1v) is 16.3. The molecule has 8 aromatic rings. The fraction of sp³-hybridized carbons (Fsp3) is 0. The molecule has 1 aliphatic heterocycles. The number of pyridine rings is 1. The van der Waals surface area contributed by atoms with Crippen LogP contribution < -0.4 is 4.90 Å². The number of hydrogen-bond acceptors (Lipinski definition) is 4. The second-order valence-corrected chi connectivity index (χ2v) is 12.3. The normalized spacial score (nSPS) is 12.4. The van der Waals surface area contributed by atoms with Crippen LogP contribution in [0.5, 0.6) is 0 Å². The van der Waals surface area contributed by atoms with E-state index in [1.807, 2.05) is 121 Å². The summed E-state index contributed by atoms with van der Waals surface area (Å²) in [4.78, 5) is 34.5. The molecule has 2 aromatic heterocycles. The number of aromatic nitrogens is 2. The molecule has 3 heterocycles. The number of benzene rings is 6. The van der Waals surface area contributed by atoms with Crippen LogP contribution in [0.4, 0.5) is 5.69 Å². The monoisotopic (exact) mass is 642 g/mol. The van der Waals surface area contributed by atoms with Gasteiger partial charge in [-0.05, 0) is 82.4 Å². The number of fused-ring (bicyclic) bond motifs is 4. The Morgan fingerprint density at radius 1 is 0.520 bits per heavy atom. The summed E-state index contributed by atoms with van der Waals surface area (Å²) in [5.41, 5.74) is 9.73. The fourth-order valence-corrected chi connectivity index (χ4v) is 7.09. The van der Waals surface area contributed by atoms with E-state index in [9.17, 15) is 14.9 Å². The molecule has 234 valence electrons. The molecule has 0 saturated heterocycles. The van der Waals surface area contributed by atoms with Crippen LogP contribution in [-0.4, -0.2) is 21.4 Å². The Kier molecular flexibility index (Phi) is 6.72. The third-order valence-corrected chi connectivity index (χ3v) is 9.40. The Bertz CT molecular complexity index is 2650. The standard InChI is InChI=1S/C44H26N4O2/c45-25-28-20-34(27-46-26-28)31-18-19-40-38(24-31)36-14-7-8-16-39(36)48(40)41-17-9-15-37-42(41)44(50)47(43(37)49)35-22-32(29-10-3-1-4-11-29)21-33(23-35)30-12-5-2-6-13-30/h1-24,26-27H. The zero-order valence-electron chi connectivity index (χ0n) is 26.6. The van der Waals surface area contributed by atoms with E-state index < -0.39 is 0 Å². The Morgan fingerprint density at radius 2 is 1.20 bits per heavy atom. The Labute approximate surface area is 287 Å². The number of imide groups is 1. The number of carbonyl (C=O) groups excluding carboxylic acids is 2. The summed E-state index contributed by atoms with van der Waals surface area (Å²) in [6, 6.07) is 49.5. The first-order chi connectivity index (χ1) is 24.6. The molecule has 0 unspecified atom stereocenters. The topological polar surface area (TPSA) is 79.0 Å². The number of para-hydroxylation sites is 1. The molecule has 0 saturated carbocycles. The first-order valence-electron chi connectivity index (χ1n) is 16.3. The lowest BCUT2D eigenvalue weighted by molar-refractivity contribution is 0.0926. The zero-order valence-corrected chi connectivity index (χ0v) is 26.6. The maximum atomic E-state index is 14.6. The molecular weight excluding hydrogens is 617 g/mol. The van der Waals surface area contributed by atoms with Crippen molar-refractivity contribution in [2.24, 2.45) is 0 Å². The average Bonchev–Trinajstić information content (AvgIpc) is 3.65. The first kappa shape index (κ1) is 29.1. The number of amides is 2. The van der Waals surface area contributed by atoms with Crippen LogP contribution in [0.25, 0.3) is 60.9 Å². The van der Waals surface area contributed by atoms with E-state index in [1.165, 1.54) is 4.90 Å². The molecule has 6 aromatic carbocycles. The zero-order chi connectivity index (χ0) is 33.8. The minimum absolute atomic E-state index is 0.357. The van der Waals surface area contributed by atoms with Crippen molar-refractivity contribution in [3.8, 4) is 45.1 Å². The molecule has 0 bridgehead atoms. The van der Waals surface area contributed by atoms with Crippen LogP contribution in [0.2, 0.25) is 0 Å². The molecule has 0 spiro atoms. The molecule has 6 heteroatoms. The SMILES string of the molecule is N#Cc1cncc(-c2ccc3c(c2)c2ccccc2n3-c2cccc3c2C(=O)N(c2cc(-c4ccccc4)cc(-c4ccccc4)c2)C3=O)c1. The predicted octanol–water partition coefficient (Wildman–Crippen LogP) is 9.85. The van der Waals surface area contributed by atoms with Gasteiger partial charge in [-0.1, -0.05) is 91.0 Å². The van der Waals surface area contributed by atoms with E-state index in [0.717, 1.165) is 55.2 Å². The van der Waals surface area contributed by atoms with E-state index in [0.29, 0.717) is 28.1 Å². The summed E-state index contributed by atoms with van der Waals surface area (Å²) in [5, 5.41) is 11.4. The molecule has 0 atom stereocenters. The molecule has 0 radical (unpaired) electrons. The number of anilines is 1. The van der Waals surface area contributed by atoms with E-state index in [2.05, 4.69) is 33.8 Å². The van der Waals surface area contributed by atoms with Crippen LogP contribution >= 0.6 is 0 Å². The molecule has 0 fully saturated rings. The summed E-state index contributed by atoms with van der Waals surface area (Å²) in [7, 11) is 0. The van der Waals surface area contributed by atoms with Crippen LogP contribution in [-0.2, 0) is 0 Å².